The number of hydrogen-bond donors (Lipinski definition) is 1. The summed E-state index contributed by atoms with van der Waals surface area (Å²) in [7, 11) is 3.64. The number of amides is 1. The molecule has 0 bridgehead atoms. The number of likely N-dealkylation sites (N-methyl/N-ethyl adjacent to an activating group) is 1. The maximum absolute atomic E-state index is 11.9. The minimum Gasteiger partial charge on any atom is -0.497 e. The molecule has 0 atom stereocenters. The van der Waals surface area contributed by atoms with Crippen LogP contribution in [0, 0.1) is 5.92 Å². The molecular weight excluding hydrogens is 288 g/mol. The van der Waals surface area contributed by atoms with E-state index in [1.165, 1.54) is 10.9 Å². The normalized spacial score (nSPS) is 11.2. The van der Waals surface area contributed by atoms with E-state index in [9.17, 15) is 4.79 Å². The highest BCUT2D eigenvalue weighted by atomic mass is 16.5. The zero-order valence-electron chi connectivity index (χ0n) is 14.4. The van der Waals surface area contributed by atoms with E-state index in [0.717, 1.165) is 24.2 Å². The second-order valence-electron chi connectivity index (χ2n) is 6.42. The number of nitrogens with one attached hydrogen (secondary N) is 1. The fraction of sp³-hybridized carbons (Fsp3) is 0.421. The van der Waals surface area contributed by atoms with Gasteiger partial charge in [-0.2, -0.15) is 0 Å². The van der Waals surface area contributed by atoms with Crippen LogP contribution in [-0.4, -0.2) is 38.1 Å². The first-order chi connectivity index (χ1) is 11.0. The number of ether oxygens (including phenoxy) is 1. The minimum absolute atomic E-state index is 0.0757. The molecule has 0 fully saturated rings. The molecule has 4 nitrogen and oxygen atoms in total. The lowest BCUT2D eigenvalue weighted by Gasteiger charge is -2.17. The molecule has 0 spiro atoms. The van der Waals surface area contributed by atoms with Crippen LogP contribution < -0.4 is 10.1 Å². The van der Waals surface area contributed by atoms with Gasteiger partial charge in [-0.05, 0) is 47.5 Å². The molecule has 0 aromatic heterocycles. The first-order valence-electron chi connectivity index (χ1n) is 8.00. The Labute approximate surface area is 138 Å². The molecule has 0 radical (unpaired) electrons. The van der Waals surface area contributed by atoms with Crippen LogP contribution in [0.1, 0.15) is 19.4 Å². The molecule has 23 heavy (non-hydrogen) atoms. The summed E-state index contributed by atoms with van der Waals surface area (Å²) in [6.07, 6.45) is 0. The highest BCUT2D eigenvalue weighted by Gasteiger charge is 2.08. The molecule has 124 valence electrons. The monoisotopic (exact) mass is 314 g/mol. The molecule has 0 saturated carbocycles. The van der Waals surface area contributed by atoms with E-state index < -0.39 is 0 Å². The quantitative estimate of drug-likeness (QED) is 0.854. The fourth-order valence-electron chi connectivity index (χ4n) is 2.49. The van der Waals surface area contributed by atoms with Gasteiger partial charge < -0.3 is 10.1 Å². The van der Waals surface area contributed by atoms with Crippen molar-refractivity contribution in [2.24, 2.45) is 5.92 Å². The van der Waals surface area contributed by atoms with Gasteiger partial charge in [-0.25, -0.2) is 0 Å². The third-order valence-corrected chi connectivity index (χ3v) is 3.69. The van der Waals surface area contributed by atoms with Crippen molar-refractivity contribution in [2.75, 3.05) is 27.2 Å². The second kappa shape index (κ2) is 7.97. The number of hydrogen-bond acceptors (Lipinski definition) is 3. The summed E-state index contributed by atoms with van der Waals surface area (Å²) in [5.41, 5.74) is 1.20. The van der Waals surface area contributed by atoms with Crippen LogP contribution in [0.15, 0.2) is 36.4 Å². The topological polar surface area (TPSA) is 41.6 Å². The van der Waals surface area contributed by atoms with E-state index in [-0.39, 0.29) is 5.91 Å². The van der Waals surface area contributed by atoms with Crippen molar-refractivity contribution in [3.8, 4) is 5.75 Å². The zero-order chi connectivity index (χ0) is 16.8. The van der Waals surface area contributed by atoms with Crippen molar-refractivity contribution in [3.63, 3.8) is 0 Å². The standard InChI is InChI=1S/C19H26N2O2/c1-14(2)11-20-19(22)13-21(3)12-15-5-6-17-10-18(23-4)8-7-16(17)9-15/h5-10,14H,11-13H2,1-4H3,(H,20,22). The molecule has 0 aliphatic carbocycles. The lowest BCUT2D eigenvalue weighted by molar-refractivity contribution is -0.122. The van der Waals surface area contributed by atoms with E-state index in [0.29, 0.717) is 12.5 Å². The summed E-state index contributed by atoms with van der Waals surface area (Å²) in [5, 5.41) is 5.29. The van der Waals surface area contributed by atoms with Gasteiger partial charge in [0.25, 0.3) is 0 Å². The average Bonchev–Trinajstić information content (AvgIpc) is 2.52. The first kappa shape index (κ1) is 17.3. The van der Waals surface area contributed by atoms with Crippen molar-refractivity contribution in [3.05, 3.63) is 42.0 Å². The SMILES string of the molecule is COc1ccc2cc(CN(C)CC(=O)NCC(C)C)ccc2c1. The Bertz CT molecular complexity index is 667. The molecule has 0 unspecified atom stereocenters. The number of benzene rings is 2. The Kier molecular flexibility index (Phi) is 5.99. The van der Waals surface area contributed by atoms with Crippen LogP contribution in [-0.2, 0) is 11.3 Å². The lowest BCUT2D eigenvalue weighted by atomic mass is 10.1. The molecular formula is C19H26N2O2. The second-order valence-corrected chi connectivity index (χ2v) is 6.42. The molecule has 0 aliphatic rings. The Balaban J connectivity index is 1.96. The summed E-state index contributed by atoms with van der Waals surface area (Å²) in [4.78, 5) is 13.9. The summed E-state index contributed by atoms with van der Waals surface area (Å²) in [6, 6.07) is 12.4. The van der Waals surface area contributed by atoms with E-state index in [2.05, 4.69) is 43.4 Å². The van der Waals surface area contributed by atoms with Crippen LogP contribution >= 0.6 is 0 Å². The summed E-state index contributed by atoms with van der Waals surface area (Å²) >= 11 is 0. The number of carbonyl (C=O) groups excluding carboxylic acids is 1. The van der Waals surface area contributed by atoms with Crippen LogP contribution in [0.25, 0.3) is 10.8 Å². The third kappa shape index (κ3) is 5.25. The number of methoxy groups -OCH3 is 1. The van der Waals surface area contributed by atoms with Crippen molar-refractivity contribution >= 4 is 16.7 Å². The van der Waals surface area contributed by atoms with Gasteiger partial charge in [-0.1, -0.05) is 32.0 Å². The molecule has 1 amide bonds. The largest absolute Gasteiger partial charge is 0.497 e. The van der Waals surface area contributed by atoms with Crippen molar-refractivity contribution < 1.29 is 9.53 Å². The van der Waals surface area contributed by atoms with Crippen molar-refractivity contribution in [2.45, 2.75) is 20.4 Å². The van der Waals surface area contributed by atoms with Crippen LogP contribution in [0.3, 0.4) is 0 Å². The van der Waals surface area contributed by atoms with Gasteiger partial charge in [0.15, 0.2) is 0 Å². The van der Waals surface area contributed by atoms with Crippen molar-refractivity contribution in [1.29, 1.82) is 0 Å². The molecule has 1 N–H and O–H groups in total. The van der Waals surface area contributed by atoms with Gasteiger partial charge in [-0.15, -0.1) is 0 Å². The Morgan fingerprint density at radius 1 is 1.17 bits per heavy atom. The summed E-state index contributed by atoms with van der Waals surface area (Å²) < 4.78 is 5.25. The van der Waals surface area contributed by atoms with Crippen LogP contribution in [0.5, 0.6) is 5.75 Å². The van der Waals surface area contributed by atoms with E-state index >= 15 is 0 Å². The molecule has 0 aliphatic heterocycles. The molecule has 2 aromatic carbocycles. The predicted octanol–water partition coefficient (Wildman–Crippen LogP) is 3.05. The number of fused-ring (bicyclic) bond motifs is 1. The maximum Gasteiger partial charge on any atom is 0.234 e. The first-order valence-corrected chi connectivity index (χ1v) is 8.00. The predicted molar refractivity (Wildman–Crippen MR) is 94.7 cm³/mol. The van der Waals surface area contributed by atoms with E-state index in [1.54, 1.807) is 7.11 Å². The van der Waals surface area contributed by atoms with Crippen molar-refractivity contribution in [1.82, 2.24) is 10.2 Å². The number of nitrogens with zero attached hydrogens (tertiary/aromatic N) is 1. The van der Waals surface area contributed by atoms with Crippen LogP contribution in [0.4, 0.5) is 0 Å². The number of carbonyl (C=O) groups is 1. The summed E-state index contributed by atoms with van der Waals surface area (Å²) in [6.45, 7) is 6.07. The van der Waals surface area contributed by atoms with Gasteiger partial charge in [-0.3, -0.25) is 9.69 Å². The molecule has 4 heteroatoms. The third-order valence-electron chi connectivity index (χ3n) is 3.69. The molecule has 0 heterocycles. The van der Waals surface area contributed by atoms with Gasteiger partial charge in [0.05, 0.1) is 13.7 Å². The van der Waals surface area contributed by atoms with E-state index in [4.69, 9.17) is 4.74 Å². The maximum atomic E-state index is 11.9. The highest BCUT2D eigenvalue weighted by molar-refractivity contribution is 5.84. The van der Waals surface area contributed by atoms with Gasteiger partial charge in [0.2, 0.25) is 5.91 Å². The Hall–Kier alpha value is -2.07. The summed E-state index contributed by atoms with van der Waals surface area (Å²) in [5.74, 6) is 1.41. The molecule has 0 saturated heterocycles. The molecule has 2 aromatic rings. The Morgan fingerprint density at radius 2 is 1.87 bits per heavy atom. The zero-order valence-corrected chi connectivity index (χ0v) is 14.4. The van der Waals surface area contributed by atoms with Gasteiger partial charge in [0, 0.05) is 13.1 Å². The highest BCUT2D eigenvalue weighted by Crippen LogP contribution is 2.22. The average molecular weight is 314 g/mol. The minimum atomic E-state index is 0.0757. The van der Waals surface area contributed by atoms with E-state index in [1.807, 2.05) is 24.1 Å². The van der Waals surface area contributed by atoms with Crippen LogP contribution in [0.2, 0.25) is 0 Å². The Morgan fingerprint density at radius 3 is 2.57 bits per heavy atom. The van der Waals surface area contributed by atoms with Gasteiger partial charge in [0.1, 0.15) is 5.75 Å². The number of rotatable bonds is 7. The fourth-order valence-corrected chi connectivity index (χ4v) is 2.49. The van der Waals surface area contributed by atoms with Gasteiger partial charge >= 0.3 is 0 Å². The molecule has 2 rings (SSSR count). The smallest absolute Gasteiger partial charge is 0.234 e. The lowest BCUT2D eigenvalue weighted by Crippen LogP contribution is -2.36.